The van der Waals surface area contributed by atoms with E-state index >= 15 is 0 Å². The molecular weight excluding hydrogens is 254 g/mol. The Bertz CT molecular complexity index is 564. The highest BCUT2D eigenvalue weighted by Crippen LogP contribution is 2.27. The maximum absolute atomic E-state index is 4.69. The molecule has 3 nitrogen and oxygen atoms in total. The molecule has 4 heteroatoms. The van der Waals surface area contributed by atoms with Crippen LogP contribution in [-0.4, -0.2) is 21.8 Å². The molecule has 19 heavy (non-hydrogen) atoms. The lowest BCUT2D eigenvalue weighted by Crippen LogP contribution is -2.16. The Morgan fingerprint density at radius 1 is 1.21 bits per heavy atom. The molecule has 0 radical (unpaired) electrons. The number of anilines is 1. The van der Waals surface area contributed by atoms with Gasteiger partial charge >= 0.3 is 0 Å². The Morgan fingerprint density at radius 3 is 2.79 bits per heavy atom. The fraction of sp³-hybridized carbons (Fsp3) is 0.467. The van der Waals surface area contributed by atoms with Gasteiger partial charge in [-0.1, -0.05) is 43.7 Å². The van der Waals surface area contributed by atoms with Crippen LogP contribution in [-0.2, 0) is 0 Å². The number of nitrogens with one attached hydrogen (secondary N) is 1. The molecule has 3 rings (SSSR count). The van der Waals surface area contributed by atoms with Crippen LogP contribution in [0, 0.1) is 0 Å². The highest BCUT2D eigenvalue weighted by atomic mass is 32.2. The van der Waals surface area contributed by atoms with Gasteiger partial charge in [-0.2, -0.15) is 0 Å². The minimum Gasteiger partial charge on any atom is -0.367 e. The van der Waals surface area contributed by atoms with Gasteiger partial charge in [0.25, 0.3) is 0 Å². The van der Waals surface area contributed by atoms with E-state index in [-0.39, 0.29) is 0 Å². The molecule has 0 atom stereocenters. The summed E-state index contributed by atoms with van der Waals surface area (Å²) in [4.78, 5) is 9.31. The minimum atomic E-state index is 0.581. The molecule has 1 aromatic heterocycles. The van der Waals surface area contributed by atoms with Gasteiger partial charge in [0.2, 0.25) is 0 Å². The van der Waals surface area contributed by atoms with E-state index < -0.39 is 0 Å². The Labute approximate surface area is 118 Å². The van der Waals surface area contributed by atoms with Gasteiger partial charge in [-0.05, 0) is 30.7 Å². The molecule has 1 aromatic carbocycles. The average Bonchev–Trinajstić information content (AvgIpc) is 2.92. The summed E-state index contributed by atoms with van der Waals surface area (Å²) in [6.45, 7) is 2.13. The average molecular weight is 273 g/mol. The first-order valence-electron chi connectivity index (χ1n) is 7.03. The van der Waals surface area contributed by atoms with Crippen LogP contribution in [0.2, 0.25) is 0 Å². The fourth-order valence-corrected chi connectivity index (χ4v) is 3.20. The monoisotopic (exact) mass is 273 g/mol. The number of nitrogens with zero attached hydrogens (tertiary/aromatic N) is 2. The maximum atomic E-state index is 4.69. The van der Waals surface area contributed by atoms with Gasteiger partial charge in [-0.15, -0.1) is 0 Å². The van der Waals surface area contributed by atoms with Crippen LogP contribution in [0.25, 0.3) is 10.9 Å². The molecule has 0 aliphatic heterocycles. The van der Waals surface area contributed by atoms with Crippen LogP contribution in [0.3, 0.4) is 0 Å². The molecular formula is C15H19N3S. The summed E-state index contributed by atoms with van der Waals surface area (Å²) in [7, 11) is 0. The first-order valence-corrected chi connectivity index (χ1v) is 8.01. The predicted octanol–water partition coefficient (Wildman–Crippen LogP) is 4.10. The number of rotatable bonds is 4. The molecule has 0 unspecified atom stereocenters. The number of hydrogen-bond donors (Lipinski definition) is 1. The van der Waals surface area contributed by atoms with E-state index in [9.17, 15) is 0 Å². The van der Waals surface area contributed by atoms with E-state index in [2.05, 4.69) is 35.4 Å². The minimum absolute atomic E-state index is 0.581. The highest BCUT2D eigenvalue weighted by Gasteiger charge is 2.17. The van der Waals surface area contributed by atoms with Crippen molar-refractivity contribution >= 4 is 28.5 Å². The van der Waals surface area contributed by atoms with Gasteiger partial charge in [0.15, 0.2) is 5.16 Å². The van der Waals surface area contributed by atoms with Crippen molar-refractivity contribution < 1.29 is 0 Å². The van der Waals surface area contributed by atoms with Gasteiger partial charge in [0, 0.05) is 11.4 Å². The predicted molar refractivity (Wildman–Crippen MR) is 81.8 cm³/mol. The number of thioether (sulfide) groups is 1. The molecule has 100 valence electrons. The zero-order chi connectivity index (χ0) is 13.1. The van der Waals surface area contributed by atoms with Gasteiger partial charge in [-0.3, -0.25) is 0 Å². The zero-order valence-corrected chi connectivity index (χ0v) is 12.0. The topological polar surface area (TPSA) is 37.8 Å². The SMILES string of the molecule is CCSc1nc(NC2CCCC2)c2ccccc2n1. The third-order valence-corrected chi connectivity index (χ3v) is 4.28. The molecule has 0 saturated heterocycles. The van der Waals surface area contributed by atoms with E-state index in [0.717, 1.165) is 27.6 Å². The molecule has 0 bridgehead atoms. The zero-order valence-electron chi connectivity index (χ0n) is 11.2. The van der Waals surface area contributed by atoms with Crippen molar-refractivity contribution in [3.8, 4) is 0 Å². The molecule has 1 fully saturated rings. The van der Waals surface area contributed by atoms with E-state index in [1.165, 1.54) is 25.7 Å². The molecule has 1 N–H and O–H groups in total. The molecule has 2 aromatic rings. The number of para-hydroxylation sites is 1. The van der Waals surface area contributed by atoms with Crippen LogP contribution in [0.4, 0.5) is 5.82 Å². The van der Waals surface area contributed by atoms with Crippen molar-refractivity contribution in [3.05, 3.63) is 24.3 Å². The first kappa shape index (κ1) is 12.7. The Hall–Kier alpha value is -1.29. The number of fused-ring (bicyclic) bond motifs is 1. The molecule has 1 heterocycles. The Morgan fingerprint density at radius 2 is 2.00 bits per heavy atom. The van der Waals surface area contributed by atoms with Gasteiger partial charge in [-0.25, -0.2) is 9.97 Å². The van der Waals surface area contributed by atoms with Crippen LogP contribution in [0.15, 0.2) is 29.4 Å². The van der Waals surface area contributed by atoms with Crippen molar-refractivity contribution in [2.75, 3.05) is 11.1 Å². The van der Waals surface area contributed by atoms with Crippen LogP contribution in [0.5, 0.6) is 0 Å². The molecule has 1 saturated carbocycles. The smallest absolute Gasteiger partial charge is 0.190 e. The van der Waals surface area contributed by atoms with Crippen molar-refractivity contribution in [2.24, 2.45) is 0 Å². The Kier molecular flexibility index (Phi) is 3.87. The first-order chi connectivity index (χ1) is 9.36. The van der Waals surface area contributed by atoms with Crippen LogP contribution in [0.1, 0.15) is 32.6 Å². The lowest BCUT2D eigenvalue weighted by Gasteiger charge is -2.15. The number of benzene rings is 1. The van der Waals surface area contributed by atoms with Gasteiger partial charge < -0.3 is 5.32 Å². The van der Waals surface area contributed by atoms with Gasteiger partial charge in [0.1, 0.15) is 5.82 Å². The molecule has 1 aliphatic rings. The second kappa shape index (κ2) is 5.78. The summed E-state index contributed by atoms with van der Waals surface area (Å²) in [5.74, 6) is 2.01. The van der Waals surface area contributed by atoms with Crippen LogP contribution < -0.4 is 5.32 Å². The summed E-state index contributed by atoms with van der Waals surface area (Å²) >= 11 is 1.70. The van der Waals surface area contributed by atoms with E-state index in [0.29, 0.717) is 6.04 Å². The highest BCUT2D eigenvalue weighted by molar-refractivity contribution is 7.99. The quantitative estimate of drug-likeness (QED) is 0.672. The fourth-order valence-electron chi connectivity index (χ4n) is 2.62. The molecule has 0 spiro atoms. The number of aromatic nitrogens is 2. The largest absolute Gasteiger partial charge is 0.367 e. The van der Waals surface area contributed by atoms with E-state index in [1.54, 1.807) is 11.8 Å². The van der Waals surface area contributed by atoms with Crippen molar-refractivity contribution in [1.82, 2.24) is 9.97 Å². The van der Waals surface area contributed by atoms with Crippen molar-refractivity contribution in [3.63, 3.8) is 0 Å². The summed E-state index contributed by atoms with van der Waals surface area (Å²) < 4.78 is 0. The Balaban J connectivity index is 1.98. The summed E-state index contributed by atoms with van der Waals surface area (Å²) in [5, 5.41) is 5.63. The second-order valence-corrected chi connectivity index (χ2v) is 6.16. The summed E-state index contributed by atoms with van der Waals surface area (Å²) in [5.41, 5.74) is 1.04. The summed E-state index contributed by atoms with van der Waals surface area (Å²) in [6, 6.07) is 8.84. The molecule has 1 aliphatic carbocycles. The van der Waals surface area contributed by atoms with Crippen molar-refractivity contribution in [2.45, 2.75) is 43.8 Å². The van der Waals surface area contributed by atoms with Gasteiger partial charge in [0.05, 0.1) is 5.52 Å². The summed E-state index contributed by atoms with van der Waals surface area (Å²) in [6.07, 6.45) is 5.18. The lowest BCUT2D eigenvalue weighted by molar-refractivity contribution is 0.748. The van der Waals surface area contributed by atoms with E-state index in [4.69, 9.17) is 4.98 Å². The third-order valence-electron chi connectivity index (χ3n) is 3.55. The third kappa shape index (κ3) is 2.84. The molecule has 0 amide bonds. The normalized spacial score (nSPS) is 16.1. The maximum Gasteiger partial charge on any atom is 0.190 e. The van der Waals surface area contributed by atoms with Crippen molar-refractivity contribution in [1.29, 1.82) is 0 Å². The van der Waals surface area contributed by atoms with Crippen LogP contribution >= 0.6 is 11.8 Å². The standard InChI is InChI=1S/C15H19N3S/c1-2-19-15-17-13-10-6-5-9-12(13)14(18-15)16-11-7-3-4-8-11/h5-6,9-11H,2-4,7-8H2,1H3,(H,16,17,18). The lowest BCUT2D eigenvalue weighted by atomic mass is 10.2. The number of hydrogen-bond acceptors (Lipinski definition) is 4. The van der Waals surface area contributed by atoms with E-state index in [1.807, 2.05) is 6.07 Å². The second-order valence-electron chi connectivity index (χ2n) is 4.93.